The summed E-state index contributed by atoms with van der Waals surface area (Å²) in [5.41, 5.74) is 6.57. The third-order valence-electron chi connectivity index (χ3n) is 4.08. The lowest BCUT2D eigenvalue weighted by molar-refractivity contribution is 0.270. The van der Waals surface area contributed by atoms with Gasteiger partial charge in [0.2, 0.25) is 11.5 Å². The third-order valence-corrected chi connectivity index (χ3v) is 4.08. The fourth-order valence-electron chi connectivity index (χ4n) is 2.77. The Bertz CT molecular complexity index is 678. The standard InChI is InChI=1S/C14H20N6O/c1-14(8-15)4-2-6-20(9-14)13-17-12(18-19-13)10-3-5-16-11(21)7-10/h3,5,7H,2,4,6,8-9,15H2,1H3,(H,16,21)(H,17,18,19). The van der Waals surface area contributed by atoms with Crippen molar-refractivity contribution in [3.63, 3.8) is 0 Å². The van der Waals surface area contributed by atoms with Crippen molar-refractivity contribution >= 4 is 5.95 Å². The molecular formula is C14H20N6O. The molecule has 4 N–H and O–H groups in total. The normalized spacial score (nSPS) is 22.5. The highest BCUT2D eigenvalue weighted by Crippen LogP contribution is 2.30. The molecule has 112 valence electrons. The van der Waals surface area contributed by atoms with E-state index in [1.54, 1.807) is 12.3 Å². The number of nitrogens with zero attached hydrogens (tertiary/aromatic N) is 3. The molecule has 0 spiro atoms. The first kappa shape index (κ1) is 13.8. The molecule has 1 atom stereocenters. The van der Waals surface area contributed by atoms with E-state index < -0.39 is 0 Å². The van der Waals surface area contributed by atoms with Crippen LogP contribution in [0.3, 0.4) is 0 Å². The number of H-pyrrole nitrogens is 2. The van der Waals surface area contributed by atoms with Crippen molar-refractivity contribution in [1.82, 2.24) is 20.2 Å². The van der Waals surface area contributed by atoms with E-state index in [1.807, 2.05) is 0 Å². The first-order valence-electron chi connectivity index (χ1n) is 7.16. The number of hydrogen-bond acceptors (Lipinski definition) is 5. The Balaban J connectivity index is 1.83. The number of anilines is 1. The molecule has 0 saturated carbocycles. The molecule has 1 aliphatic heterocycles. The SMILES string of the molecule is CC1(CN)CCCN(c2n[nH]c(-c3cc[nH]c(=O)c3)n2)C1. The van der Waals surface area contributed by atoms with Crippen LogP contribution in [0.5, 0.6) is 0 Å². The van der Waals surface area contributed by atoms with Crippen LogP contribution in [0, 0.1) is 5.41 Å². The first-order chi connectivity index (χ1) is 10.1. The molecule has 7 nitrogen and oxygen atoms in total. The summed E-state index contributed by atoms with van der Waals surface area (Å²) in [6, 6.07) is 3.30. The average Bonchev–Trinajstić information content (AvgIpc) is 2.97. The van der Waals surface area contributed by atoms with Gasteiger partial charge in [-0.1, -0.05) is 6.92 Å². The maximum Gasteiger partial charge on any atom is 0.248 e. The maximum atomic E-state index is 11.4. The second-order valence-corrected chi connectivity index (χ2v) is 5.97. The van der Waals surface area contributed by atoms with Crippen LogP contribution in [0.4, 0.5) is 5.95 Å². The van der Waals surface area contributed by atoms with E-state index in [2.05, 4.69) is 32.0 Å². The topological polar surface area (TPSA) is 104 Å². The summed E-state index contributed by atoms with van der Waals surface area (Å²) in [6.45, 7) is 4.65. The number of piperidine rings is 1. The summed E-state index contributed by atoms with van der Waals surface area (Å²) in [5.74, 6) is 1.28. The van der Waals surface area contributed by atoms with Crippen molar-refractivity contribution in [3.8, 4) is 11.4 Å². The molecule has 0 amide bonds. The third kappa shape index (κ3) is 2.82. The molecule has 2 aromatic heterocycles. The monoisotopic (exact) mass is 288 g/mol. The molecular weight excluding hydrogens is 268 g/mol. The lowest BCUT2D eigenvalue weighted by Crippen LogP contribution is -2.46. The van der Waals surface area contributed by atoms with Gasteiger partial charge in [-0.05, 0) is 30.9 Å². The molecule has 0 radical (unpaired) electrons. The van der Waals surface area contributed by atoms with Crippen molar-refractivity contribution in [1.29, 1.82) is 0 Å². The Morgan fingerprint density at radius 2 is 2.38 bits per heavy atom. The maximum absolute atomic E-state index is 11.4. The Morgan fingerprint density at radius 3 is 3.14 bits per heavy atom. The molecule has 7 heteroatoms. The van der Waals surface area contributed by atoms with E-state index in [9.17, 15) is 4.79 Å². The Kier molecular flexibility index (Phi) is 3.50. The van der Waals surface area contributed by atoms with Gasteiger partial charge < -0.3 is 15.6 Å². The van der Waals surface area contributed by atoms with Crippen molar-refractivity contribution in [3.05, 3.63) is 28.7 Å². The first-order valence-corrected chi connectivity index (χ1v) is 7.16. The van der Waals surface area contributed by atoms with Crippen molar-refractivity contribution in [2.24, 2.45) is 11.1 Å². The molecule has 1 unspecified atom stereocenters. The number of pyridine rings is 1. The van der Waals surface area contributed by atoms with Crippen LogP contribution in [0.2, 0.25) is 0 Å². The summed E-state index contributed by atoms with van der Waals surface area (Å²) < 4.78 is 0. The number of hydrogen-bond donors (Lipinski definition) is 3. The van der Waals surface area contributed by atoms with Crippen LogP contribution in [0.1, 0.15) is 19.8 Å². The van der Waals surface area contributed by atoms with Crippen LogP contribution in [0.25, 0.3) is 11.4 Å². The molecule has 1 aliphatic rings. The van der Waals surface area contributed by atoms with Crippen LogP contribution in [0.15, 0.2) is 23.1 Å². The smallest absolute Gasteiger partial charge is 0.248 e. The largest absolute Gasteiger partial charge is 0.339 e. The summed E-state index contributed by atoms with van der Waals surface area (Å²) in [4.78, 5) is 20.6. The number of aromatic amines is 2. The van der Waals surface area contributed by atoms with Crippen LogP contribution in [-0.4, -0.2) is 39.8 Å². The van der Waals surface area contributed by atoms with E-state index in [1.165, 1.54) is 6.07 Å². The van der Waals surface area contributed by atoms with E-state index in [4.69, 9.17) is 5.73 Å². The van der Waals surface area contributed by atoms with Crippen molar-refractivity contribution < 1.29 is 0 Å². The van der Waals surface area contributed by atoms with Gasteiger partial charge >= 0.3 is 0 Å². The zero-order chi connectivity index (χ0) is 14.9. The van der Waals surface area contributed by atoms with Crippen molar-refractivity contribution in [2.75, 3.05) is 24.5 Å². The van der Waals surface area contributed by atoms with Crippen LogP contribution in [-0.2, 0) is 0 Å². The van der Waals surface area contributed by atoms with Gasteiger partial charge in [0.1, 0.15) is 0 Å². The quantitative estimate of drug-likeness (QED) is 0.772. The highest BCUT2D eigenvalue weighted by Gasteiger charge is 2.31. The number of nitrogens with two attached hydrogens (primary N) is 1. The Morgan fingerprint density at radius 1 is 1.52 bits per heavy atom. The summed E-state index contributed by atoms with van der Waals surface area (Å²) in [6.07, 6.45) is 3.82. The molecule has 3 heterocycles. The molecule has 21 heavy (non-hydrogen) atoms. The van der Waals surface area contributed by atoms with Crippen molar-refractivity contribution in [2.45, 2.75) is 19.8 Å². The number of aromatic nitrogens is 4. The number of rotatable bonds is 3. The minimum Gasteiger partial charge on any atom is -0.339 e. The van der Waals surface area contributed by atoms with Gasteiger partial charge in [-0.15, -0.1) is 5.10 Å². The summed E-state index contributed by atoms with van der Waals surface area (Å²) >= 11 is 0. The van der Waals surface area contributed by atoms with Gasteiger partial charge in [0.05, 0.1) is 0 Å². The van der Waals surface area contributed by atoms with Gasteiger partial charge in [-0.3, -0.25) is 9.89 Å². The molecule has 0 aliphatic carbocycles. The second-order valence-electron chi connectivity index (χ2n) is 5.97. The fourth-order valence-corrected chi connectivity index (χ4v) is 2.77. The zero-order valence-electron chi connectivity index (χ0n) is 12.1. The predicted octanol–water partition coefficient (Wildman–Crippen LogP) is 0.725. The van der Waals surface area contributed by atoms with E-state index in [0.717, 1.165) is 31.5 Å². The molecule has 2 aromatic rings. The van der Waals surface area contributed by atoms with Gasteiger partial charge in [-0.2, -0.15) is 4.98 Å². The van der Waals surface area contributed by atoms with Crippen LogP contribution < -0.4 is 16.2 Å². The molecule has 3 rings (SSSR count). The molecule has 0 aromatic carbocycles. The number of nitrogens with one attached hydrogen (secondary N) is 2. The van der Waals surface area contributed by atoms with Gasteiger partial charge in [0.25, 0.3) is 0 Å². The molecule has 1 fully saturated rings. The average molecular weight is 288 g/mol. The highest BCUT2D eigenvalue weighted by atomic mass is 16.1. The molecule has 0 bridgehead atoms. The minimum atomic E-state index is -0.154. The summed E-state index contributed by atoms with van der Waals surface area (Å²) in [5, 5.41) is 7.19. The fraction of sp³-hybridized carbons (Fsp3) is 0.500. The highest BCUT2D eigenvalue weighted by molar-refractivity contribution is 5.55. The van der Waals surface area contributed by atoms with Crippen LogP contribution >= 0.6 is 0 Å². The van der Waals surface area contributed by atoms with E-state index in [-0.39, 0.29) is 11.0 Å². The predicted molar refractivity (Wildman–Crippen MR) is 81.0 cm³/mol. The molecule has 1 saturated heterocycles. The van der Waals surface area contributed by atoms with E-state index in [0.29, 0.717) is 18.3 Å². The van der Waals surface area contributed by atoms with Gasteiger partial charge in [0.15, 0.2) is 5.82 Å². The summed E-state index contributed by atoms with van der Waals surface area (Å²) in [7, 11) is 0. The lowest BCUT2D eigenvalue weighted by atomic mass is 9.82. The van der Waals surface area contributed by atoms with E-state index >= 15 is 0 Å². The lowest BCUT2D eigenvalue weighted by Gasteiger charge is -2.39. The Hall–Kier alpha value is -2.15. The van der Waals surface area contributed by atoms with Gasteiger partial charge in [0, 0.05) is 30.9 Å². The Labute approximate surface area is 122 Å². The van der Waals surface area contributed by atoms with Gasteiger partial charge in [-0.25, -0.2) is 0 Å². The second kappa shape index (κ2) is 5.33. The zero-order valence-corrected chi connectivity index (χ0v) is 12.1. The minimum absolute atomic E-state index is 0.114.